The van der Waals surface area contributed by atoms with Crippen molar-refractivity contribution in [1.29, 1.82) is 0 Å². The Balaban J connectivity index is 2.66. The summed E-state index contributed by atoms with van der Waals surface area (Å²) >= 11 is 0. The van der Waals surface area contributed by atoms with Gasteiger partial charge in [-0.1, -0.05) is 18.1 Å². The fourth-order valence-electron chi connectivity index (χ4n) is 1.49. The first kappa shape index (κ1) is 14.2. The third-order valence-electron chi connectivity index (χ3n) is 2.33. The summed E-state index contributed by atoms with van der Waals surface area (Å²) in [7, 11) is -2.87. The van der Waals surface area contributed by atoms with Crippen LogP contribution < -0.4 is 0 Å². The third-order valence-corrected chi connectivity index (χ3v) is 3.24. The Kier molecular flexibility index (Phi) is 5.13. The standard InChI is InChI=1S/C11H15O5P/c1-3-9-4-10(7-12)6-11(5-9)8-16-17(13,14)15-2/h1,4,6,9,12H,5,7-8H2,2H3,(H,13,14). The van der Waals surface area contributed by atoms with Crippen LogP contribution in [0.2, 0.25) is 0 Å². The monoisotopic (exact) mass is 258 g/mol. The molecule has 1 aliphatic carbocycles. The zero-order valence-electron chi connectivity index (χ0n) is 9.50. The topological polar surface area (TPSA) is 76.0 Å². The molecule has 0 spiro atoms. The summed E-state index contributed by atoms with van der Waals surface area (Å²) in [5.74, 6) is 2.44. The van der Waals surface area contributed by atoms with Gasteiger partial charge in [0, 0.05) is 13.0 Å². The highest BCUT2D eigenvalue weighted by molar-refractivity contribution is 7.47. The molecule has 1 aliphatic rings. The molecule has 6 heteroatoms. The van der Waals surface area contributed by atoms with Crippen LogP contribution in [0.1, 0.15) is 6.42 Å². The van der Waals surface area contributed by atoms with Crippen molar-refractivity contribution in [3.63, 3.8) is 0 Å². The molecular formula is C11H15O5P. The number of phosphoric acid groups is 1. The highest BCUT2D eigenvalue weighted by atomic mass is 31.2. The van der Waals surface area contributed by atoms with E-state index in [2.05, 4.69) is 10.4 Å². The smallest absolute Gasteiger partial charge is 0.392 e. The van der Waals surface area contributed by atoms with Crippen molar-refractivity contribution >= 4 is 7.82 Å². The van der Waals surface area contributed by atoms with Gasteiger partial charge in [-0.15, -0.1) is 6.42 Å². The van der Waals surface area contributed by atoms with Gasteiger partial charge in [-0.3, -0.25) is 9.05 Å². The molecule has 0 saturated heterocycles. The lowest BCUT2D eigenvalue weighted by Gasteiger charge is -2.18. The second-order valence-corrected chi connectivity index (χ2v) is 5.16. The Morgan fingerprint density at radius 1 is 1.71 bits per heavy atom. The number of hydrogen-bond donors (Lipinski definition) is 2. The maximum absolute atomic E-state index is 11.1. The van der Waals surface area contributed by atoms with E-state index >= 15 is 0 Å². The van der Waals surface area contributed by atoms with Crippen LogP contribution in [0.25, 0.3) is 0 Å². The van der Waals surface area contributed by atoms with Gasteiger partial charge in [0.1, 0.15) is 0 Å². The van der Waals surface area contributed by atoms with E-state index in [0.29, 0.717) is 12.0 Å². The van der Waals surface area contributed by atoms with Gasteiger partial charge in [-0.25, -0.2) is 4.57 Å². The molecular weight excluding hydrogens is 243 g/mol. The average molecular weight is 258 g/mol. The van der Waals surface area contributed by atoms with Crippen molar-refractivity contribution in [2.24, 2.45) is 5.92 Å². The number of terminal acetylenes is 1. The molecule has 0 aromatic heterocycles. The molecule has 0 aromatic rings. The number of allylic oxidation sites excluding steroid dienone is 1. The van der Waals surface area contributed by atoms with Gasteiger partial charge in [0.05, 0.1) is 13.2 Å². The third kappa shape index (κ3) is 4.47. The molecule has 0 aliphatic heterocycles. The SMILES string of the molecule is C#CC1C=C(CO)C=C(COP(=O)(O)OC)C1. The quantitative estimate of drug-likeness (QED) is 0.573. The van der Waals surface area contributed by atoms with Crippen LogP contribution in [0.5, 0.6) is 0 Å². The summed E-state index contributed by atoms with van der Waals surface area (Å²) in [5.41, 5.74) is 1.44. The Bertz CT molecular complexity index is 418. The number of aliphatic hydroxyl groups excluding tert-OH is 1. The van der Waals surface area contributed by atoms with Crippen molar-refractivity contribution in [3.05, 3.63) is 23.3 Å². The zero-order chi connectivity index (χ0) is 12.9. The Morgan fingerprint density at radius 3 is 2.94 bits per heavy atom. The van der Waals surface area contributed by atoms with Crippen LogP contribution in [0.15, 0.2) is 23.3 Å². The van der Waals surface area contributed by atoms with Gasteiger partial charge in [-0.05, 0) is 17.6 Å². The van der Waals surface area contributed by atoms with E-state index in [1.807, 2.05) is 0 Å². The summed E-state index contributed by atoms with van der Waals surface area (Å²) < 4.78 is 20.1. The largest absolute Gasteiger partial charge is 0.472 e. The van der Waals surface area contributed by atoms with Gasteiger partial charge < -0.3 is 10.00 Å². The average Bonchev–Trinajstić information content (AvgIpc) is 2.36. The molecule has 5 nitrogen and oxygen atoms in total. The van der Waals surface area contributed by atoms with Crippen molar-refractivity contribution in [2.75, 3.05) is 20.3 Å². The highest BCUT2D eigenvalue weighted by Crippen LogP contribution is 2.42. The van der Waals surface area contributed by atoms with Gasteiger partial charge >= 0.3 is 7.82 Å². The molecule has 0 fully saturated rings. The lowest BCUT2D eigenvalue weighted by molar-refractivity contribution is 0.183. The minimum absolute atomic E-state index is 0.0445. The molecule has 94 valence electrons. The number of hydrogen-bond acceptors (Lipinski definition) is 4. The van der Waals surface area contributed by atoms with E-state index in [4.69, 9.17) is 20.9 Å². The Morgan fingerprint density at radius 2 is 2.41 bits per heavy atom. The van der Waals surface area contributed by atoms with Crippen molar-refractivity contribution < 1.29 is 23.6 Å². The molecule has 0 heterocycles. The van der Waals surface area contributed by atoms with E-state index in [1.54, 1.807) is 12.2 Å². The minimum atomic E-state index is -3.97. The van der Waals surface area contributed by atoms with E-state index in [1.165, 1.54) is 0 Å². The normalized spacial score (nSPS) is 23.3. The van der Waals surface area contributed by atoms with E-state index in [-0.39, 0.29) is 19.1 Å². The molecule has 0 radical (unpaired) electrons. The number of rotatable bonds is 5. The first-order chi connectivity index (χ1) is 8.00. The lowest BCUT2D eigenvalue weighted by Crippen LogP contribution is -2.09. The van der Waals surface area contributed by atoms with Crippen molar-refractivity contribution in [3.8, 4) is 12.3 Å². The maximum Gasteiger partial charge on any atom is 0.472 e. The second-order valence-electron chi connectivity index (χ2n) is 3.60. The molecule has 17 heavy (non-hydrogen) atoms. The van der Waals surface area contributed by atoms with E-state index < -0.39 is 7.82 Å². The second kappa shape index (κ2) is 6.15. The number of phosphoric ester groups is 1. The highest BCUT2D eigenvalue weighted by Gasteiger charge is 2.21. The molecule has 2 N–H and O–H groups in total. The van der Waals surface area contributed by atoms with Crippen LogP contribution in [-0.4, -0.2) is 30.3 Å². The van der Waals surface area contributed by atoms with Gasteiger partial charge in [0.15, 0.2) is 0 Å². The molecule has 1 rings (SSSR count). The number of aliphatic hydroxyl groups is 1. The summed E-state index contributed by atoms with van der Waals surface area (Å²) in [6, 6.07) is 0. The molecule has 0 saturated carbocycles. The van der Waals surface area contributed by atoms with Crippen molar-refractivity contribution in [1.82, 2.24) is 0 Å². The molecule has 0 bridgehead atoms. The van der Waals surface area contributed by atoms with Crippen LogP contribution in [0.4, 0.5) is 0 Å². The summed E-state index contributed by atoms with van der Waals surface area (Å²) in [6.07, 6.45) is 9.36. The zero-order valence-corrected chi connectivity index (χ0v) is 10.4. The van der Waals surface area contributed by atoms with Crippen LogP contribution >= 0.6 is 7.82 Å². The summed E-state index contributed by atoms with van der Waals surface area (Å²) in [6.45, 7) is -0.167. The van der Waals surface area contributed by atoms with Crippen molar-refractivity contribution in [2.45, 2.75) is 6.42 Å². The van der Waals surface area contributed by atoms with E-state index in [9.17, 15) is 4.57 Å². The predicted molar refractivity (Wildman–Crippen MR) is 63.0 cm³/mol. The summed E-state index contributed by atoms with van der Waals surface area (Å²) in [5, 5.41) is 9.05. The van der Waals surface area contributed by atoms with Gasteiger partial charge in [0.25, 0.3) is 0 Å². The van der Waals surface area contributed by atoms with Gasteiger partial charge in [0.2, 0.25) is 0 Å². The molecule has 2 atom stereocenters. The van der Waals surface area contributed by atoms with Gasteiger partial charge in [-0.2, -0.15) is 0 Å². The molecule has 2 unspecified atom stereocenters. The lowest BCUT2D eigenvalue weighted by atomic mass is 9.91. The maximum atomic E-state index is 11.1. The predicted octanol–water partition coefficient (Wildman–Crippen LogP) is 1.25. The van der Waals surface area contributed by atoms with Crippen LogP contribution in [0.3, 0.4) is 0 Å². The fraction of sp³-hybridized carbons (Fsp3) is 0.455. The Hall–Kier alpha value is -0.890. The minimum Gasteiger partial charge on any atom is -0.392 e. The fourth-order valence-corrected chi connectivity index (χ4v) is 1.93. The molecule has 0 amide bonds. The van der Waals surface area contributed by atoms with Crippen LogP contribution in [-0.2, 0) is 13.6 Å². The summed E-state index contributed by atoms with van der Waals surface area (Å²) in [4.78, 5) is 9.08. The first-order valence-electron chi connectivity index (χ1n) is 5.01. The Labute approximate surface area is 100 Å². The van der Waals surface area contributed by atoms with Crippen LogP contribution in [0, 0.1) is 18.3 Å². The van der Waals surface area contributed by atoms with E-state index in [0.717, 1.165) is 12.7 Å². The first-order valence-corrected chi connectivity index (χ1v) is 6.50. The molecule has 0 aromatic carbocycles.